The molecule has 1 fully saturated rings. The molecule has 1 unspecified atom stereocenters. The van der Waals surface area contributed by atoms with Gasteiger partial charge >= 0.3 is 6.03 Å². The topological polar surface area (TPSA) is 123 Å². The number of imidazole rings is 1. The van der Waals surface area contributed by atoms with Crippen LogP contribution in [-0.2, 0) is 22.3 Å². The Balaban J connectivity index is 1.43. The second-order valence-electron chi connectivity index (χ2n) is 12.4. The van der Waals surface area contributed by atoms with Crippen molar-refractivity contribution in [2.75, 3.05) is 23.7 Å². The first kappa shape index (κ1) is 30.5. The average Bonchev–Trinajstić information content (AvgIpc) is 3.53. The van der Waals surface area contributed by atoms with E-state index in [0.29, 0.717) is 22.9 Å². The number of rotatable bonds is 7. The number of piperidine rings is 1. The van der Waals surface area contributed by atoms with E-state index in [1.165, 1.54) is 0 Å². The van der Waals surface area contributed by atoms with Gasteiger partial charge in [-0.05, 0) is 75.5 Å². The first-order chi connectivity index (χ1) is 20.3. The van der Waals surface area contributed by atoms with E-state index in [1.54, 1.807) is 47.6 Å². The van der Waals surface area contributed by atoms with Crippen LogP contribution in [0.15, 0.2) is 65.8 Å². The van der Waals surface area contributed by atoms with E-state index >= 15 is 0 Å². The second-order valence-corrected chi connectivity index (χ2v) is 14.4. The van der Waals surface area contributed by atoms with Gasteiger partial charge in [-0.1, -0.05) is 50.6 Å². The van der Waals surface area contributed by atoms with Crippen LogP contribution in [0.2, 0.25) is 0 Å². The molecule has 1 saturated heterocycles. The normalized spacial score (nSPS) is 15.3. The lowest BCUT2D eigenvalue weighted by atomic mass is 9.90. The Hall–Kier alpha value is -3.96. The molecule has 0 aliphatic carbocycles. The summed E-state index contributed by atoms with van der Waals surface area (Å²) in [5, 5.41) is 13.3. The lowest BCUT2D eigenvalue weighted by Gasteiger charge is -2.30. The lowest BCUT2D eigenvalue weighted by molar-refractivity contribution is 0.262. The summed E-state index contributed by atoms with van der Waals surface area (Å²) in [4.78, 5) is 17.7. The Labute approximate surface area is 253 Å². The first-order valence-corrected chi connectivity index (χ1v) is 16.2. The molecule has 10 nitrogen and oxygen atoms in total. The van der Waals surface area contributed by atoms with Gasteiger partial charge in [-0.25, -0.2) is 22.9 Å². The van der Waals surface area contributed by atoms with Crippen LogP contribution in [-0.4, -0.2) is 46.9 Å². The quantitative estimate of drug-likeness (QED) is 0.250. The number of carbonyl (C=O) groups excluding carboxylic acids is 1. The summed E-state index contributed by atoms with van der Waals surface area (Å²) in [6, 6.07) is 16.5. The van der Waals surface area contributed by atoms with E-state index in [9.17, 15) is 13.2 Å². The van der Waals surface area contributed by atoms with Gasteiger partial charge in [-0.15, -0.1) is 0 Å². The number of aryl methyl sites for hydroxylation is 3. The predicted molar refractivity (Wildman–Crippen MR) is 170 cm³/mol. The number of hydrogen-bond acceptors (Lipinski definition) is 6. The van der Waals surface area contributed by atoms with E-state index in [-0.39, 0.29) is 16.4 Å². The SMILES string of the molecule is Cc1ccc(-n2nc(C(C)(C)C)cc2NC(=O)Nc2cccc(C(C3CCNCC3)S(=O)(=O)c3cn(C)c(C)n3)c2)cc1. The minimum absolute atomic E-state index is 0.0751. The maximum Gasteiger partial charge on any atom is 0.324 e. The van der Waals surface area contributed by atoms with Gasteiger partial charge in [0.2, 0.25) is 9.84 Å². The van der Waals surface area contributed by atoms with E-state index in [4.69, 9.17) is 5.10 Å². The van der Waals surface area contributed by atoms with Crippen molar-refractivity contribution in [2.45, 2.75) is 63.2 Å². The molecule has 2 amide bonds. The third kappa shape index (κ3) is 6.67. The fourth-order valence-corrected chi connectivity index (χ4v) is 7.54. The Morgan fingerprint density at radius 1 is 1.02 bits per heavy atom. The summed E-state index contributed by atoms with van der Waals surface area (Å²) in [6.45, 7) is 11.5. The molecular weight excluding hydrogens is 562 g/mol. The molecule has 0 spiro atoms. The average molecular weight is 604 g/mol. The van der Waals surface area contributed by atoms with Crippen LogP contribution in [0.25, 0.3) is 5.69 Å². The van der Waals surface area contributed by atoms with Crippen molar-refractivity contribution in [3.8, 4) is 5.69 Å². The number of urea groups is 1. The van der Waals surface area contributed by atoms with Gasteiger partial charge in [0.15, 0.2) is 5.03 Å². The zero-order valence-electron chi connectivity index (χ0n) is 25.7. The van der Waals surface area contributed by atoms with Crippen LogP contribution in [0, 0.1) is 19.8 Å². The van der Waals surface area contributed by atoms with Gasteiger partial charge in [-0.2, -0.15) is 5.10 Å². The first-order valence-electron chi connectivity index (χ1n) is 14.6. The summed E-state index contributed by atoms with van der Waals surface area (Å²) in [5.41, 5.74) is 3.70. The molecule has 0 radical (unpaired) electrons. The number of carbonyl (C=O) groups is 1. The van der Waals surface area contributed by atoms with Crippen LogP contribution in [0.5, 0.6) is 0 Å². The maximum atomic E-state index is 14.0. The number of aromatic nitrogens is 4. The van der Waals surface area contributed by atoms with Crippen LogP contribution >= 0.6 is 0 Å². The highest BCUT2D eigenvalue weighted by Gasteiger charge is 2.38. The van der Waals surface area contributed by atoms with Gasteiger partial charge in [0.25, 0.3) is 0 Å². The molecule has 1 aliphatic rings. The largest absolute Gasteiger partial charge is 0.337 e. The third-order valence-corrected chi connectivity index (χ3v) is 10.1. The maximum absolute atomic E-state index is 14.0. The molecule has 4 aromatic rings. The van der Waals surface area contributed by atoms with E-state index in [1.807, 2.05) is 43.3 Å². The number of benzene rings is 2. The van der Waals surface area contributed by atoms with E-state index in [2.05, 4.69) is 41.7 Å². The Kier molecular flexibility index (Phi) is 8.49. The van der Waals surface area contributed by atoms with Crippen LogP contribution in [0.4, 0.5) is 16.3 Å². The second kappa shape index (κ2) is 12.0. The van der Waals surface area contributed by atoms with Crippen LogP contribution in [0.3, 0.4) is 0 Å². The molecule has 5 rings (SSSR count). The van der Waals surface area contributed by atoms with Crippen LogP contribution in [0.1, 0.15) is 61.5 Å². The van der Waals surface area contributed by atoms with Crippen molar-refractivity contribution in [3.05, 3.63) is 83.4 Å². The fraction of sp³-hybridized carbons (Fsp3) is 0.406. The van der Waals surface area contributed by atoms with E-state index in [0.717, 1.165) is 42.9 Å². The number of sulfone groups is 1. The third-order valence-electron chi connectivity index (χ3n) is 8.00. The zero-order chi connectivity index (χ0) is 30.9. The molecule has 0 saturated carbocycles. The Morgan fingerprint density at radius 3 is 2.35 bits per heavy atom. The van der Waals surface area contributed by atoms with Crippen molar-refractivity contribution in [3.63, 3.8) is 0 Å². The molecule has 0 bridgehead atoms. The summed E-state index contributed by atoms with van der Waals surface area (Å²) < 4.78 is 31.5. The van der Waals surface area contributed by atoms with Crippen molar-refractivity contribution in [1.29, 1.82) is 0 Å². The van der Waals surface area contributed by atoms with Gasteiger partial charge in [-0.3, -0.25) is 5.32 Å². The van der Waals surface area contributed by atoms with E-state index < -0.39 is 21.1 Å². The molecule has 43 heavy (non-hydrogen) atoms. The van der Waals surface area contributed by atoms with Gasteiger partial charge < -0.3 is 15.2 Å². The number of anilines is 2. The van der Waals surface area contributed by atoms with Gasteiger partial charge in [0.1, 0.15) is 11.6 Å². The summed E-state index contributed by atoms with van der Waals surface area (Å²) in [7, 11) is -2.01. The molecule has 11 heteroatoms. The predicted octanol–water partition coefficient (Wildman–Crippen LogP) is 5.68. The number of amides is 2. The van der Waals surface area contributed by atoms with Crippen molar-refractivity contribution < 1.29 is 13.2 Å². The molecule has 1 aliphatic heterocycles. The van der Waals surface area contributed by atoms with Crippen molar-refractivity contribution in [2.24, 2.45) is 13.0 Å². The number of hydrogen-bond donors (Lipinski definition) is 3. The zero-order valence-corrected chi connectivity index (χ0v) is 26.5. The summed E-state index contributed by atoms with van der Waals surface area (Å²) >= 11 is 0. The molecular formula is C32H41N7O3S. The van der Waals surface area contributed by atoms with Gasteiger partial charge in [0, 0.05) is 30.4 Å². The highest BCUT2D eigenvalue weighted by atomic mass is 32.2. The van der Waals surface area contributed by atoms with Crippen LogP contribution < -0.4 is 16.0 Å². The molecule has 3 N–H and O–H groups in total. The molecule has 2 aromatic carbocycles. The highest BCUT2D eigenvalue weighted by molar-refractivity contribution is 7.91. The standard InChI is InChI=1S/C32H41N7O3S/c1-21-10-12-26(13-11-21)39-28(19-27(37-39)32(3,4)5)36-31(40)35-25-9-7-8-24(18-25)30(23-14-16-33-17-15-23)43(41,42)29-20-38(6)22(2)34-29/h7-13,18-20,23,30,33H,14-17H2,1-6H3,(H2,35,36,40). The summed E-state index contributed by atoms with van der Waals surface area (Å²) in [5.74, 6) is 1.08. The number of nitrogens with zero attached hydrogens (tertiary/aromatic N) is 4. The minimum atomic E-state index is -3.80. The molecule has 228 valence electrons. The molecule has 2 aromatic heterocycles. The fourth-order valence-electron chi connectivity index (χ4n) is 5.44. The smallest absolute Gasteiger partial charge is 0.324 e. The lowest BCUT2D eigenvalue weighted by Crippen LogP contribution is -2.34. The van der Waals surface area contributed by atoms with Gasteiger partial charge in [0.05, 0.1) is 16.6 Å². The minimum Gasteiger partial charge on any atom is -0.337 e. The molecule has 1 atom stereocenters. The number of nitrogens with one attached hydrogen (secondary N) is 3. The Morgan fingerprint density at radius 2 is 1.72 bits per heavy atom. The Bertz CT molecular complexity index is 1690. The monoisotopic (exact) mass is 603 g/mol. The van der Waals surface area contributed by atoms with Crippen molar-refractivity contribution >= 4 is 27.4 Å². The summed E-state index contributed by atoms with van der Waals surface area (Å²) in [6.07, 6.45) is 3.04. The molecule has 3 heterocycles. The highest BCUT2D eigenvalue weighted by Crippen LogP contribution is 2.40. The van der Waals surface area contributed by atoms with Crippen molar-refractivity contribution in [1.82, 2.24) is 24.6 Å².